The van der Waals surface area contributed by atoms with E-state index in [4.69, 9.17) is 4.52 Å². The molecule has 4 nitrogen and oxygen atoms in total. The number of halogens is 1. The molecule has 0 fully saturated rings. The molecule has 22 heavy (non-hydrogen) atoms. The average Bonchev–Trinajstić information content (AvgIpc) is 3.05. The molecule has 0 unspecified atom stereocenters. The lowest BCUT2D eigenvalue weighted by molar-refractivity contribution is 0.0914. The number of hydrogen-bond donors (Lipinski definition) is 1. The van der Waals surface area contributed by atoms with E-state index in [1.165, 1.54) is 12.1 Å². The third-order valence-corrected chi connectivity index (χ3v) is 3.17. The van der Waals surface area contributed by atoms with E-state index in [-0.39, 0.29) is 17.5 Å². The van der Waals surface area contributed by atoms with E-state index < -0.39 is 0 Å². The molecule has 1 heterocycles. The van der Waals surface area contributed by atoms with Crippen LogP contribution in [0.25, 0.3) is 11.3 Å². The second-order valence-electron chi connectivity index (χ2n) is 4.75. The van der Waals surface area contributed by atoms with Crippen molar-refractivity contribution in [3.63, 3.8) is 0 Å². The van der Waals surface area contributed by atoms with Crippen LogP contribution in [0, 0.1) is 5.82 Å². The van der Waals surface area contributed by atoms with Gasteiger partial charge in [0.15, 0.2) is 0 Å². The third-order valence-electron chi connectivity index (χ3n) is 3.17. The first-order chi connectivity index (χ1) is 10.7. The molecule has 1 amide bonds. The molecule has 1 aromatic heterocycles. The SMILES string of the molecule is O=C(NCc1ccc(F)cc1)c1cc(-c2ccccc2)no1. The van der Waals surface area contributed by atoms with Crippen molar-refractivity contribution < 1.29 is 13.7 Å². The first-order valence-corrected chi connectivity index (χ1v) is 6.77. The number of aromatic nitrogens is 1. The summed E-state index contributed by atoms with van der Waals surface area (Å²) < 4.78 is 17.9. The van der Waals surface area contributed by atoms with Crippen molar-refractivity contribution in [2.45, 2.75) is 6.54 Å². The molecule has 0 saturated heterocycles. The van der Waals surface area contributed by atoms with Crippen LogP contribution < -0.4 is 5.32 Å². The fourth-order valence-corrected chi connectivity index (χ4v) is 2.00. The lowest BCUT2D eigenvalue weighted by atomic mass is 10.1. The summed E-state index contributed by atoms with van der Waals surface area (Å²) in [5.41, 5.74) is 2.29. The van der Waals surface area contributed by atoms with Gasteiger partial charge in [0.25, 0.3) is 5.91 Å². The molecule has 0 aliphatic rings. The molecule has 0 atom stereocenters. The maximum absolute atomic E-state index is 12.8. The van der Waals surface area contributed by atoms with Gasteiger partial charge < -0.3 is 9.84 Å². The van der Waals surface area contributed by atoms with E-state index >= 15 is 0 Å². The van der Waals surface area contributed by atoms with Crippen LogP contribution in [0.15, 0.2) is 65.2 Å². The molecule has 5 heteroatoms. The Labute approximate surface area is 126 Å². The van der Waals surface area contributed by atoms with Crippen LogP contribution in [0.5, 0.6) is 0 Å². The van der Waals surface area contributed by atoms with E-state index in [0.29, 0.717) is 12.2 Å². The normalized spacial score (nSPS) is 10.4. The highest BCUT2D eigenvalue weighted by molar-refractivity contribution is 5.92. The van der Waals surface area contributed by atoms with Crippen molar-refractivity contribution in [3.05, 3.63) is 77.8 Å². The van der Waals surface area contributed by atoms with Crippen LogP contribution in [-0.2, 0) is 6.54 Å². The summed E-state index contributed by atoms with van der Waals surface area (Å²) in [6.07, 6.45) is 0. The maximum Gasteiger partial charge on any atom is 0.290 e. The Morgan fingerprint density at radius 3 is 2.55 bits per heavy atom. The van der Waals surface area contributed by atoms with Gasteiger partial charge in [0, 0.05) is 18.2 Å². The molecule has 2 aromatic carbocycles. The molecule has 0 aliphatic carbocycles. The fraction of sp³-hybridized carbons (Fsp3) is 0.0588. The molecular weight excluding hydrogens is 283 g/mol. The molecular formula is C17H13FN2O2. The number of benzene rings is 2. The van der Waals surface area contributed by atoms with E-state index in [0.717, 1.165) is 11.1 Å². The van der Waals surface area contributed by atoms with Gasteiger partial charge in [-0.3, -0.25) is 4.79 Å². The molecule has 0 aliphatic heterocycles. The molecule has 3 rings (SSSR count). The summed E-state index contributed by atoms with van der Waals surface area (Å²) in [6.45, 7) is 0.292. The van der Waals surface area contributed by atoms with Gasteiger partial charge >= 0.3 is 0 Å². The zero-order valence-corrected chi connectivity index (χ0v) is 11.6. The second-order valence-corrected chi connectivity index (χ2v) is 4.75. The minimum absolute atomic E-state index is 0.140. The number of nitrogens with one attached hydrogen (secondary N) is 1. The summed E-state index contributed by atoms with van der Waals surface area (Å²) in [5.74, 6) is -0.530. The van der Waals surface area contributed by atoms with Crippen molar-refractivity contribution in [2.75, 3.05) is 0 Å². The standard InChI is InChI=1S/C17H13FN2O2/c18-14-8-6-12(7-9-14)11-19-17(21)16-10-15(20-22-16)13-4-2-1-3-5-13/h1-10H,11H2,(H,19,21). The largest absolute Gasteiger partial charge is 0.350 e. The smallest absolute Gasteiger partial charge is 0.290 e. The Morgan fingerprint density at radius 1 is 1.09 bits per heavy atom. The number of carbonyl (C=O) groups is 1. The highest BCUT2D eigenvalue weighted by atomic mass is 19.1. The van der Waals surface area contributed by atoms with Crippen LogP contribution in [-0.4, -0.2) is 11.1 Å². The fourth-order valence-electron chi connectivity index (χ4n) is 2.00. The zero-order chi connectivity index (χ0) is 15.4. The molecule has 0 bridgehead atoms. The lowest BCUT2D eigenvalue weighted by Gasteiger charge is -2.02. The van der Waals surface area contributed by atoms with Crippen LogP contribution in [0.1, 0.15) is 16.1 Å². The maximum atomic E-state index is 12.8. The van der Waals surface area contributed by atoms with Crippen LogP contribution in [0.4, 0.5) is 4.39 Å². The summed E-state index contributed by atoms with van der Waals surface area (Å²) in [6, 6.07) is 17.0. The Bertz CT molecular complexity index is 767. The molecule has 0 radical (unpaired) electrons. The van der Waals surface area contributed by atoms with Crippen LogP contribution in [0.3, 0.4) is 0 Å². The molecule has 3 aromatic rings. The molecule has 1 N–H and O–H groups in total. The average molecular weight is 296 g/mol. The summed E-state index contributed by atoms with van der Waals surface area (Å²) in [4.78, 5) is 12.0. The lowest BCUT2D eigenvalue weighted by Crippen LogP contribution is -2.22. The van der Waals surface area contributed by atoms with Crippen LogP contribution in [0.2, 0.25) is 0 Å². The summed E-state index contributed by atoms with van der Waals surface area (Å²) >= 11 is 0. The van der Waals surface area contributed by atoms with Crippen molar-refractivity contribution >= 4 is 5.91 Å². The van der Waals surface area contributed by atoms with Crippen molar-refractivity contribution in [2.24, 2.45) is 0 Å². The highest BCUT2D eigenvalue weighted by Crippen LogP contribution is 2.18. The van der Waals surface area contributed by atoms with E-state index in [9.17, 15) is 9.18 Å². The van der Waals surface area contributed by atoms with Gasteiger partial charge in [-0.1, -0.05) is 47.6 Å². The van der Waals surface area contributed by atoms with Gasteiger partial charge in [0.05, 0.1) is 0 Å². The Kier molecular flexibility index (Phi) is 3.96. The van der Waals surface area contributed by atoms with Gasteiger partial charge in [-0.05, 0) is 17.7 Å². The van der Waals surface area contributed by atoms with Gasteiger partial charge in [-0.2, -0.15) is 0 Å². The minimum atomic E-state index is -0.362. The highest BCUT2D eigenvalue weighted by Gasteiger charge is 2.13. The third kappa shape index (κ3) is 3.20. The topological polar surface area (TPSA) is 55.1 Å². The minimum Gasteiger partial charge on any atom is -0.350 e. The number of rotatable bonds is 4. The predicted molar refractivity (Wildman–Crippen MR) is 79.5 cm³/mol. The van der Waals surface area contributed by atoms with Crippen LogP contribution >= 0.6 is 0 Å². The van der Waals surface area contributed by atoms with Gasteiger partial charge in [0.2, 0.25) is 5.76 Å². The predicted octanol–water partition coefficient (Wildman–Crippen LogP) is 3.41. The van der Waals surface area contributed by atoms with Gasteiger partial charge in [-0.15, -0.1) is 0 Å². The monoisotopic (exact) mass is 296 g/mol. The Morgan fingerprint density at radius 2 is 1.82 bits per heavy atom. The quantitative estimate of drug-likeness (QED) is 0.802. The summed E-state index contributed by atoms with van der Waals surface area (Å²) in [5, 5.41) is 6.59. The van der Waals surface area contributed by atoms with E-state index in [1.54, 1.807) is 18.2 Å². The van der Waals surface area contributed by atoms with Crippen molar-refractivity contribution in [3.8, 4) is 11.3 Å². The van der Waals surface area contributed by atoms with Crippen molar-refractivity contribution in [1.29, 1.82) is 0 Å². The number of carbonyl (C=O) groups excluding carboxylic acids is 1. The molecule has 0 saturated carbocycles. The van der Waals surface area contributed by atoms with Crippen molar-refractivity contribution in [1.82, 2.24) is 10.5 Å². The van der Waals surface area contributed by atoms with Gasteiger partial charge in [0.1, 0.15) is 11.5 Å². The second kappa shape index (κ2) is 6.22. The number of nitrogens with zero attached hydrogens (tertiary/aromatic N) is 1. The first kappa shape index (κ1) is 14.0. The Balaban J connectivity index is 1.66. The number of hydrogen-bond acceptors (Lipinski definition) is 3. The zero-order valence-electron chi connectivity index (χ0n) is 11.6. The van der Waals surface area contributed by atoms with E-state index in [1.807, 2.05) is 30.3 Å². The summed E-state index contributed by atoms with van der Waals surface area (Å²) in [7, 11) is 0. The first-order valence-electron chi connectivity index (χ1n) is 6.77. The Hall–Kier alpha value is -2.95. The molecule has 110 valence electrons. The van der Waals surface area contributed by atoms with Gasteiger partial charge in [-0.25, -0.2) is 4.39 Å². The van der Waals surface area contributed by atoms with E-state index in [2.05, 4.69) is 10.5 Å². The number of amides is 1. The molecule has 0 spiro atoms.